The maximum Gasteiger partial charge on any atom is 0.0416 e. The average Bonchev–Trinajstić information content (AvgIpc) is 2.52. The van der Waals surface area contributed by atoms with Crippen molar-refractivity contribution in [1.29, 1.82) is 0 Å². The van der Waals surface area contributed by atoms with Crippen molar-refractivity contribution in [3.8, 4) is 0 Å². The molecule has 0 bridgehead atoms. The number of benzene rings is 1. The van der Waals surface area contributed by atoms with Crippen molar-refractivity contribution in [3.63, 3.8) is 0 Å². The molecule has 0 aromatic heterocycles. The summed E-state index contributed by atoms with van der Waals surface area (Å²) in [6.07, 6.45) is 5.37. The van der Waals surface area contributed by atoms with Gasteiger partial charge in [-0.25, -0.2) is 0 Å². The summed E-state index contributed by atoms with van der Waals surface area (Å²) in [5.74, 6) is 0. The van der Waals surface area contributed by atoms with Crippen LogP contribution in [0.3, 0.4) is 0 Å². The Morgan fingerprint density at radius 3 is 2.19 bits per heavy atom. The minimum Gasteiger partial charge on any atom is -0.398 e. The van der Waals surface area contributed by atoms with E-state index < -0.39 is 0 Å². The maximum absolute atomic E-state index is 6.01. The summed E-state index contributed by atoms with van der Waals surface area (Å²) in [6.45, 7) is 6.63. The first-order valence-corrected chi connectivity index (χ1v) is 6.30. The Labute approximate surface area is 98.4 Å². The Morgan fingerprint density at radius 2 is 1.56 bits per heavy atom. The lowest BCUT2D eigenvalue weighted by Gasteiger charge is -2.25. The second-order valence-electron chi connectivity index (χ2n) is 4.90. The fourth-order valence-corrected chi connectivity index (χ4v) is 2.51. The van der Waals surface area contributed by atoms with Crippen LogP contribution in [0.1, 0.15) is 36.8 Å². The van der Waals surface area contributed by atoms with Crippen LogP contribution in [0.5, 0.6) is 0 Å². The van der Waals surface area contributed by atoms with E-state index in [9.17, 15) is 0 Å². The van der Waals surface area contributed by atoms with E-state index in [1.807, 2.05) is 0 Å². The molecule has 2 N–H and O–H groups in total. The Balaban J connectivity index is 2.27. The van der Waals surface area contributed by atoms with Crippen molar-refractivity contribution in [1.82, 2.24) is 0 Å². The largest absolute Gasteiger partial charge is 0.398 e. The van der Waals surface area contributed by atoms with Gasteiger partial charge in [0.15, 0.2) is 0 Å². The van der Waals surface area contributed by atoms with Gasteiger partial charge in [0.25, 0.3) is 0 Å². The molecule has 16 heavy (non-hydrogen) atoms. The van der Waals surface area contributed by atoms with Gasteiger partial charge in [0.1, 0.15) is 0 Å². The van der Waals surface area contributed by atoms with Crippen LogP contribution in [0.4, 0.5) is 11.4 Å². The van der Waals surface area contributed by atoms with Gasteiger partial charge in [0.05, 0.1) is 0 Å². The van der Waals surface area contributed by atoms with Gasteiger partial charge in [-0.1, -0.05) is 18.9 Å². The minimum atomic E-state index is 0.921. The Hall–Kier alpha value is -1.18. The first-order chi connectivity index (χ1) is 7.68. The summed E-state index contributed by atoms with van der Waals surface area (Å²) in [6, 6.07) is 4.35. The topological polar surface area (TPSA) is 29.3 Å². The van der Waals surface area contributed by atoms with E-state index in [1.54, 1.807) is 0 Å². The predicted molar refractivity (Wildman–Crippen MR) is 71.0 cm³/mol. The van der Waals surface area contributed by atoms with Crippen LogP contribution in [0.2, 0.25) is 0 Å². The quantitative estimate of drug-likeness (QED) is 0.733. The van der Waals surface area contributed by atoms with Gasteiger partial charge in [-0.2, -0.15) is 0 Å². The van der Waals surface area contributed by atoms with Gasteiger partial charge in [-0.3, -0.25) is 0 Å². The summed E-state index contributed by atoms with van der Waals surface area (Å²) in [7, 11) is 0. The molecule has 0 atom stereocenters. The van der Waals surface area contributed by atoms with Crippen molar-refractivity contribution < 1.29 is 0 Å². The van der Waals surface area contributed by atoms with Gasteiger partial charge in [0, 0.05) is 24.5 Å². The van der Waals surface area contributed by atoms with Crippen molar-refractivity contribution >= 4 is 11.4 Å². The summed E-state index contributed by atoms with van der Waals surface area (Å²) < 4.78 is 0. The van der Waals surface area contributed by atoms with E-state index in [2.05, 4.69) is 30.9 Å². The van der Waals surface area contributed by atoms with Gasteiger partial charge in [0.2, 0.25) is 0 Å². The van der Waals surface area contributed by atoms with Gasteiger partial charge < -0.3 is 10.6 Å². The zero-order valence-corrected chi connectivity index (χ0v) is 10.4. The fraction of sp³-hybridized carbons (Fsp3) is 0.571. The number of hydrogen-bond acceptors (Lipinski definition) is 2. The molecule has 1 aromatic carbocycles. The van der Waals surface area contributed by atoms with Gasteiger partial charge in [-0.15, -0.1) is 0 Å². The number of nitrogens with zero attached hydrogens (tertiary/aromatic N) is 1. The van der Waals surface area contributed by atoms with E-state index in [1.165, 1.54) is 55.6 Å². The third-order valence-electron chi connectivity index (χ3n) is 3.53. The zero-order chi connectivity index (χ0) is 11.5. The number of hydrogen-bond donors (Lipinski definition) is 1. The van der Waals surface area contributed by atoms with Crippen LogP contribution in [0.15, 0.2) is 12.1 Å². The molecule has 1 aromatic rings. The number of nitrogens with two attached hydrogens (primary N) is 1. The number of aryl methyl sites for hydroxylation is 2. The molecule has 1 saturated heterocycles. The molecule has 0 aliphatic carbocycles. The third-order valence-corrected chi connectivity index (χ3v) is 3.53. The smallest absolute Gasteiger partial charge is 0.0416 e. The average molecular weight is 218 g/mol. The molecule has 0 saturated carbocycles. The lowest BCUT2D eigenvalue weighted by molar-refractivity contribution is 0.726. The normalized spacial score (nSPS) is 17.2. The van der Waals surface area contributed by atoms with Crippen molar-refractivity contribution in [3.05, 3.63) is 23.3 Å². The van der Waals surface area contributed by atoms with Gasteiger partial charge >= 0.3 is 0 Å². The Kier molecular flexibility index (Phi) is 3.37. The molecule has 0 spiro atoms. The zero-order valence-electron chi connectivity index (χ0n) is 10.4. The van der Waals surface area contributed by atoms with Crippen LogP contribution in [-0.4, -0.2) is 13.1 Å². The SMILES string of the molecule is Cc1cc(C)c(N2CCCCCC2)cc1N. The highest BCUT2D eigenvalue weighted by Gasteiger charge is 2.12. The molecular weight excluding hydrogens is 196 g/mol. The molecular formula is C14H22N2. The van der Waals surface area contributed by atoms with Crippen LogP contribution in [0, 0.1) is 13.8 Å². The second kappa shape index (κ2) is 4.77. The lowest BCUT2D eigenvalue weighted by atomic mass is 10.1. The van der Waals surface area contributed by atoms with E-state index in [0.29, 0.717) is 0 Å². The van der Waals surface area contributed by atoms with Crippen LogP contribution >= 0.6 is 0 Å². The van der Waals surface area contributed by atoms with Crippen LogP contribution < -0.4 is 10.6 Å². The van der Waals surface area contributed by atoms with Crippen LogP contribution in [0.25, 0.3) is 0 Å². The molecule has 0 amide bonds. The third kappa shape index (κ3) is 2.31. The van der Waals surface area contributed by atoms with Crippen molar-refractivity contribution in [2.75, 3.05) is 23.7 Å². The highest BCUT2D eigenvalue weighted by atomic mass is 15.1. The van der Waals surface area contributed by atoms with E-state index in [-0.39, 0.29) is 0 Å². The molecule has 0 radical (unpaired) electrons. The fourth-order valence-electron chi connectivity index (χ4n) is 2.51. The molecule has 2 rings (SSSR count). The standard InChI is InChI=1S/C14H22N2/c1-11-9-12(2)14(10-13(11)15)16-7-5-3-4-6-8-16/h9-10H,3-8,15H2,1-2H3. The number of nitrogen functional groups attached to an aromatic ring is 1. The monoisotopic (exact) mass is 218 g/mol. The molecule has 1 heterocycles. The van der Waals surface area contributed by atoms with Crippen LogP contribution in [-0.2, 0) is 0 Å². The molecule has 2 heteroatoms. The summed E-state index contributed by atoms with van der Waals surface area (Å²) >= 11 is 0. The molecule has 1 aliphatic rings. The first-order valence-electron chi connectivity index (χ1n) is 6.30. The Bertz CT molecular complexity index is 363. The molecule has 88 valence electrons. The number of rotatable bonds is 1. The summed E-state index contributed by atoms with van der Waals surface area (Å²) in [5, 5.41) is 0. The van der Waals surface area contributed by atoms with E-state index >= 15 is 0 Å². The minimum absolute atomic E-state index is 0.921. The maximum atomic E-state index is 6.01. The highest BCUT2D eigenvalue weighted by molar-refractivity contribution is 5.64. The van der Waals surface area contributed by atoms with E-state index in [4.69, 9.17) is 5.73 Å². The molecule has 0 unspecified atom stereocenters. The highest BCUT2D eigenvalue weighted by Crippen LogP contribution is 2.27. The molecule has 1 fully saturated rings. The predicted octanol–water partition coefficient (Wildman–Crippen LogP) is 3.27. The summed E-state index contributed by atoms with van der Waals surface area (Å²) in [4.78, 5) is 2.50. The second-order valence-corrected chi connectivity index (χ2v) is 4.90. The van der Waals surface area contributed by atoms with Gasteiger partial charge in [-0.05, 0) is 43.9 Å². The van der Waals surface area contributed by atoms with E-state index in [0.717, 1.165) is 5.69 Å². The number of anilines is 2. The van der Waals surface area contributed by atoms with Crippen molar-refractivity contribution in [2.45, 2.75) is 39.5 Å². The van der Waals surface area contributed by atoms with Crippen molar-refractivity contribution in [2.24, 2.45) is 0 Å². The molecule has 1 aliphatic heterocycles. The summed E-state index contributed by atoms with van der Waals surface area (Å²) in [5.41, 5.74) is 10.8. The molecule has 2 nitrogen and oxygen atoms in total. The lowest BCUT2D eigenvalue weighted by Crippen LogP contribution is -2.24. The first kappa shape index (κ1) is 11.3. The Morgan fingerprint density at radius 1 is 0.938 bits per heavy atom.